The van der Waals surface area contributed by atoms with Crippen LogP contribution in [0.15, 0.2) is 53.1 Å². The van der Waals surface area contributed by atoms with E-state index in [1.54, 1.807) is 11.9 Å². The number of amides is 1. The Labute approximate surface area is 183 Å². The number of rotatable bonds is 6. The number of nitrogens with zero attached hydrogens (tertiary/aromatic N) is 4. The average molecular weight is 419 g/mol. The largest absolute Gasteiger partial charge is 0.337 e. The van der Waals surface area contributed by atoms with Crippen LogP contribution in [0.4, 0.5) is 0 Å². The number of hydrogen-bond acceptors (Lipinski definition) is 5. The Morgan fingerprint density at radius 3 is 2.61 bits per heavy atom. The number of piperidine rings is 1. The highest BCUT2D eigenvalue weighted by molar-refractivity contribution is 5.94. The molecule has 3 aromatic rings. The fourth-order valence-corrected chi connectivity index (χ4v) is 4.08. The molecule has 2 heterocycles. The normalized spacial score (nSPS) is 16.9. The van der Waals surface area contributed by atoms with Gasteiger partial charge < -0.3 is 9.42 Å². The summed E-state index contributed by atoms with van der Waals surface area (Å²) in [4.78, 5) is 21.4. The van der Waals surface area contributed by atoms with Crippen molar-refractivity contribution in [2.24, 2.45) is 5.92 Å². The van der Waals surface area contributed by atoms with Gasteiger partial charge in [-0.05, 0) is 49.9 Å². The van der Waals surface area contributed by atoms with Crippen molar-refractivity contribution >= 4 is 5.91 Å². The van der Waals surface area contributed by atoms with Gasteiger partial charge in [0.05, 0.1) is 6.54 Å². The molecule has 1 amide bonds. The fraction of sp³-hybridized carbons (Fsp3) is 0.400. The van der Waals surface area contributed by atoms with E-state index in [2.05, 4.69) is 34.1 Å². The summed E-state index contributed by atoms with van der Waals surface area (Å²) in [7, 11) is 1.75. The molecule has 162 valence electrons. The molecule has 1 aliphatic rings. The van der Waals surface area contributed by atoms with Crippen LogP contribution >= 0.6 is 0 Å². The maximum atomic E-state index is 12.8. The summed E-state index contributed by atoms with van der Waals surface area (Å²) in [5, 5.41) is 4.04. The highest BCUT2D eigenvalue weighted by Crippen LogP contribution is 2.19. The number of carbonyl (C=O) groups excluding carboxylic acids is 1. The van der Waals surface area contributed by atoms with Gasteiger partial charge in [0.15, 0.2) is 0 Å². The molecule has 0 aliphatic carbocycles. The molecule has 2 aromatic carbocycles. The minimum atomic E-state index is -0.0618. The molecule has 1 saturated heterocycles. The van der Waals surface area contributed by atoms with Crippen molar-refractivity contribution in [3.05, 3.63) is 71.1 Å². The van der Waals surface area contributed by atoms with Crippen molar-refractivity contribution in [1.82, 2.24) is 19.9 Å². The van der Waals surface area contributed by atoms with Gasteiger partial charge in [-0.3, -0.25) is 9.69 Å². The van der Waals surface area contributed by atoms with Gasteiger partial charge in [0.2, 0.25) is 11.7 Å². The lowest BCUT2D eigenvalue weighted by atomic mass is 9.99. The third-order valence-electron chi connectivity index (χ3n) is 5.85. The van der Waals surface area contributed by atoms with E-state index in [0.29, 0.717) is 17.3 Å². The molecule has 1 atom stereocenters. The van der Waals surface area contributed by atoms with Crippen LogP contribution < -0.4 is 0 Å². The summed E-state index contributed by atoms with van der Waals surface area (Å²) in [5.74, 6) is 1.65. The second-order valence-electron chi connectivity index (χ2n) is 8.72. The molecule has 0 saturated carbocycles. The zero-order chi connectivity index (χ0) is 21.8. The van der Waals surface area contributed by atoms with Crippen LogP contribution in [0.2, 0.25) is 0 Å². The first kappa shape index (κ1) is 21.2. The first-order valence-corrected chi connectivity index (χ1v) is 10.9. The fourth-order valence-electron chi connectivity index (χ4n) is 4.08. The summed E-state index contributed by atoms with van der Waals surface area (Å²) < 4.78 is 5.36. The predicted octanol–water partition coefficient (Wildman–Crippen LogP) is 4.55. The molecule has 4 rings (SSSR count). The van der Waals surface area contributed by atoms with Crippen LogP contribution in [0, 0.1) is 12.8 Å². The molecule has 31 heavy (non-hydrogen) atoms. The van der Waals surface area contributed by atoms with Crippen molar-refractivity contribution < 1.29 is 9.32 Å². The molecule has 0 N–H and O–H groups in total. The van der Waals surface area contributed by atoms with Crippen LogP contribution in [-0.4, -0.2) is 46.0 Å². The molecular weight excluding hydrogens is 388 g/mol. The zero-order valence-electron chi connectivity index (χ0n) is 18.5. The summed E-state index contributed by atoms with van der Waals surface area (Å²) >= 11 is 0. The Hall–Kier alpha value is -2.99. The van der Waals surface area contributed by atoms with Gasteiger partial charge in [-0.25, -0.2) is 0 Å². The maximum Gasteiger partial charge on any atom is 0.254 e. The van der Waals surface area contributed by atoms with Crippen LogP contribution in [0.1, 0.15) is 47.1 Å². The van der Waals surface area contributed by atoms with E-state index in [4.69, 9.17) is 4.52 Å². The van der Waals surface area contributed by atoms with E-state index in [1.807, 2.05) is 43.3 Å². The molecule has 0 radical (unpaired) electrons. The number of carbonyl (C=O) groups is 1. The quantitative estimate of drug-likeness (QED) is 0.588. The molecule has 6 nitrogen and oxygen atoms in total. The van der Waals surface area contributed by atoms with Crippen LogP contribution in [0.25, 0.3) is 11.4 Å². The molecule has 0 bridgehead atoms. The van der Waals surface area contributed by atoms with E-state index < -0.39 is 0 Å². The van der Waals surface area contributed by atoms with Crippen molar-refractivity contribution in [2.75, 3.05) is 20.1 Å². The zero-order valence-corrected chi connectivity index (χ0v) is 18.5. The number of likely N-dealkylation sites (tertiary alicyclic amines) is 1. The molecule has 1 aliphatic heterocycles. The summed E-state index contributed by atoms with van der Waals surface area (Å²) in [6.07, 6.45) is 2.59. The Bertz CT molecular complexity index is 1010. The minimum Gasteiger partial charge on any atom is -0.337 e. The highest BCUT2D eigenvalue weighted by atomic mass is 16.5. The molecular formula is C25H30N4O2. The van der Waals surface area contributed by atoms with E-state index in [1.165, 1.54) is 24.0 Å². The Kier molecular flexibility index (Phi) is 6.47. The molecule has 0 spiro atoms. The van der Waals surface area contributed by atoms with Crippen LogP contribution in [-0.2, 0) is 13.1 Å². The third kappa shape index (κ3) is 5.39. The minimum absolute atomic E-state index is 0.0618. The van der Waals surface area contributed by atoms with Gasteiger partial charge in [-0.1, -0.05) is 54.0 Å². The van der Waals surface area contributed by atoms with Gasteiger partial charge >= 0.3 is 0 Å². The SMILES string of the molecule is Cc1ccc(-c2noc(CN(C)C(=O)c3ccc(CN4CCC[C@@H](C)C4)cc3)n2)cc1. The van der Waals surface area contributed by atoms with Gasteiger partial charge in [0.25, 0.3) is 5.91 Å². The summed E-state index contributed by atoms with van der Waals surface area (Å²) in [5.41, 5.74) is 3.98. The Morgan fingerprint density at radius 1 is 1.16 bits per heavy atom. The average Bonchev–Trinajstić information content (AvgIpc) is 3.23. The first-order chi connectivity index (χ1) is 15.0. The lowest BCUT2D eigenvalue weighted by Crippen LogP contribution is -2.33. The van der Waals surface area contributed by atoms with Crippen LogP contribution in [0.5, 0.6) is 0 Å². The smallest absolute Gasteiger partial charge is 0.254 e. The van der Waals surface area contributed by atoms with Gasteiger partial charge in [-0.2, -0.15) is 4.98 Å². The first-order valence-electron chi connectivity index (χ1n) is 10.9. The molecule has 1 aromatic heterocycles. The Morgan fingerprint density at radius 2 is 1.90 bits per heavy atom. The third-order valence-corrected chi connectivity index (χ3v) is 5.85. The standard InChI is InChI=1S/C25H30N4O2/c1-18-6-10-21(11-7-18)24-26-23(31-27-24)17-28(3)25(30)22-12-8-20(9-13-22)16-29-14-4-5-19(2)15-29/h6-13,19H,4-5,14-17H2,1-3H3/t19-/m1/s1. The molecule has 6 heteroatoms. The van der Waals surface area contributed by atoms with Gasteiger partial charge in [0, 0.05) is 31.3 Å². The second kappa shape index (κ2) is 9.43. The lowest BCUT2D eigenvalue weighted by Gasteiger charge is -2.30. The van der Waals surface area contributed by atoms with E-state index in [-0.39, 0.29) is 12.5 Å². The Balaban J connectivity index is 1.35. The van der Waals surface area contributed by atoms with Crippen molar-refractivity contribution in [3.8, 4) is 11.4 Å². The number of aromatic nitrogens is 2. The predicted molar refractivity (Wildman–Crippen MR) is 120 cm³/mol. The van der Waals surface area contributed by atoms with Crippen LogP contribution in [0.3, 0.4) is 0 Å². The van der Waals surface area contributed by atoms with E-state index in [0.717, 1.165) is 31.1 Å². The number of benzene rings is 2. The topological polar surface area (TPSA) is 62.5 Å². The summed E-state index contributed by atoms with van der Waals surface area (Å²) in [6, 6.07) is 15.9. The van der Waals surface area contributed by atoms with E-state index >= 15 is 0 Å². The monoisotopic (exact) mass is 418 g/mol. The molecule has 1 fully saturated rings. The van der Waals surface area contributed by atoms with Gasteiger partial charge in [-0.15, -0.1) is 0 Å². The lowest BCUT2D eigenvalue weighted by molar-refractivity contribution is 0.0769. The molecule has 0 unspecified atom stereocenters. The number of aryl methyl sites for hydroxylation is 1. The number of hydrogen-bond donors (Lipinski definition) is 0. The van der Waals surface area contributed by atoms with Crippen molar-refractivity contribution in [3.63, 3.8) is 0 Å². The highest BCUT2D eigenvalue weighted by Gasteiger charge is 2.18. The maximum absolute atomic E-state index is 12.8. The van der Waals surface area contributed by atoms with E-state index in [9.17, 15) is 4.79 Å². The van der Waals surface area contributed by atoms with Gasteiger partial charge in [0.1, 0.15) is 0 Å². The van der Waals surface area contributed by atoms with Crippen molar-refractivity contribution in [2.45, 2.75) is 39.8 Å². The summed E-state index contributed by atoms with van der Waals surface area (Å²) in [6.45, 7) is 7.87. The van der Waals surface area contributed by atoms with Crippen molar-refractivity contribution in [1.29, 1.82) is 0 Å². The second-order valence-corrected chi connectivity index (χ2v) is 8.72.